The fourth-order valence-corrected chi connectivity index (χ4v) is 3.04. The first-order valence-corrected chi connectivity index (χ1v) is 8.61. The first-order valence-electron chi connectivity index (χ1n) is 8.61. The number of rotatable bonds is 6. The van der Waals surface area contributed by atoms with Crippen molar-refractivity contribution in [2.45, 2.75) is 18.3 Å². The van der Waals surface area contributed by atoms with Crippen LogP contribution in [0.3, 0.4) is 0 Å². The molecule has 2 aromatic carbocycles. The van der Waals surface area contributed by atoms with Crippen molar-refractivity contribution >= 4 is 5.97 Å². The fraction of sp³-hybridized carbons (Fsp3) is 0.190. The van der Waals surface area contributed by atoms with E-state index in [2.05, 4.69) is 4.74 Å². The van der Waals surface area contributed by atoms with Crippen LogP contribution in [0.4, 0.5) is 26.3 Å². The molecule has 0 bridgehead atoms. The van der Waals surface area contributed by atoms with Gasteiger partial charge in [-0.3, -0.25) is 0 Å². The normalized spacial score (nSPS) is 12.3. The molecule has 3 rings (SSSR count). The maximum absolute atomic E-state index is 14.7. The summed E-state index contributed by atoms with van der Waals surface area (Å²) in [6, 6.07) is 15.4. The second-order valence-electron chi connectivity index (χ2n) is 6.33. The Morgan fingerprint density at radius 3 is 1.97 bits per heavy atom. The highest BCUT2D eigenvalue weighted by molar-refractivity contribution is 5.99. The van der Waals surface area contributed by atoms with Crippen molar-refractivity contribution in [3.8, 4) is 16.9 Å². The summed E-state index contributed by atoms with van der Waals surface area (Å²) in [5, 5.41) is 0. The van der Waals surface area contributed by atoms with Crippen LogP contribution in [0, 0.1) is 0 Å². The molecule has 0 spiro atoms. The van der Waals surface area contributed by atoms with E-state index in [1.807, 2.05) is 0 Å². The Hall–Kier alpha value is -3.23. The van der Waals surface area contributed by atoms with E-state index < -0.39 is 35.4 Å². The summed E-state index contributed by atoms with van der Waals surface area (Å²) in [5.41, 5.74) is -2.18. The Labute approximate surface area is 167 Å². The van der Waals surface area contributed by atoms with E-state index in [1.54, 1.807) is 36.4 Å². The summed E-state index contributed by atoms with van der Waals surface area (Å²) in [5.74, 6) is -12.4. The van der Waals surface area contributed by atoms with Crippen molar-refractivity contribution in [1.82, 2.24) is 4.57 Å². The number of para-hydroxylation sites is 1. The molecule has 0 unspecified atom stereocenters. The molecule has 0 saturated heterocycles. The molecule has 3 nitrogen and oxygen atoms in total. The number of hydrogen-bond donors (Lipinski definition) is 0. The van der Waals surface area contributed by atoms with Gasteiger partial charge in [0.05, 0.1) is 23.9 Å². The molecule has 0 aliphatic rings. The second-order valence-corrected chi connectivity index (χ2v) is 6.33. The number of aromatic nitrogens is 1. The molecule has 0 aliphatic heterocycles. The Morgan fingerprint density at radius 2 is 1.47 bits per heavy atom. The van der Waals surface area contributed by atoms with Gasteiger partial charge in [-0.2, -0.15) is 17.6 Å². The van der Waals surface area contributed by atoms with Gasteiger partial charge in [-0.1, -0.05) is 48.5 Å². The highest BCUT2D eigenvalue weighted by Gasteiger charge is 2.65. The van der Waals surface area contributed by atoms with Gasteiger partial charge in [0.1, 0.15) is 0 Å². The van der Waals surface area contributed by atoms with Gasteiger partial charge >= 0.3 is 24.2 Å². The van der Waals surface area contributed by atoms with Crippen LogP contribution in [0.2, 0.25) is 0 Å². The predicted octanol–water partition coefficient (Wildman–Crippen LogP) is 5.92. The van der Waals surface area contributed by atoms with E-state index in [1.165, 1.54) is 24.3 Å². The Balaban J connectivity index is 2.42. The van der Waals surface area contributed by atoms with E-state index in [9.17, 15) is 31.1 Å². The molecule has 1 aromatic heterocycles. The van der Waals surface area contributed by atoms with Crippen molar-refractivity contribution in [3.63, 3.8) is 0 Å². The fourth-order valence-electron chi connectivity index (χ4n) is 3.04. The van der Waals surface area contributed by atoms with Crippen LogP contribution < -0.4 is 0 Å². The van der Waals surface area contributed by atoms with Crippen LogP contribution in [-0.2, 0) is 10.7 Å². The van der Waals surface area contributed by atoms with Gasteiger partial charge in [0.2, 0.25) is 0 Å². The number of esters is 1. The third-order valence-corrected chi connectivity index (χ3v) is 4.51. The van der Waals surface area contributed by atoms with Gasteiger partial charge in [-0.05, 0) is 17.7 Å². The zero-order chi connectivity index (χ0) is 22.1. The molecule has 0 aliphatic carbocycles. The molecule has 0 fully saturated rings. The van der Waals surface area contributed by atoms with Crippen molar-refractivity contribution in [3.05, 3.63) is 78.0 Å². The van der Waals surface area contributed by atoms with Crippen LogP contribution in [0.5, 0.6) is 0 Å². The summed E-state index contributed by atoms with van der Waals surface area (Å²) in [7, 11) is 0.879. The van der Waals surface area contributed by atoms with Crippen molar-refractivity contribution < 1.29 is 35.9 Å². The highest BCUT2D eigenvalue weighted by Crippen LogP contribution is 2.49. The molecule has 3 aromatic rings. The van der Waals surface area contributed by atoms with Crippen LogP contribution in [0.25, 0.3) is 16.9 Å². The van der Waals surface area contributed by atoms with Gasteiger partial charge in [0.25, 0.3) is 0 Å². The number of benzene rings is 2. The average Bonchev–Trinajstić information content (AvgIpc) is 3.15. The lowest BCUT2D eigenvalue weighted by atomic mass is 9.97. The van der Waals surface area contributed by atoms with Gasteiger partial charge < -0.3 is 9.30 Å². The lowest BCUT2D eigenvalue weighted by molar-refractivity contribution is -0.270. The number of halogens is 6. The van der Waals surface area contributed by atoms with E-state index >= 15 is 0 Å². The molecule has 0 saturated carbocycles. The molecule has 0 atom stereocenters. The number of ether oxygens (including phenoxy) is 1. The van der Waals surface area contributed by atoms with E-state index in [-0.39, 0.29) is 16.9 Å². The topological polar surface area (TPSA) is 31.2 Å². The van der Waals surface area contributed by atoms with Gasteiger partial charge in [-0.15, -0.1) is 0 Å². The molecule has 158 valence electrons. The molecular formula is C21H15F6NO2. The standard InChI is InChI=1S/C21H15F6NO2/c1-30-18(29)16-15(20(24,25)21(26,27)19(22)23)12-28(14-10-6-3-7-11-14)17(16)13-8-4-2-5-9-13/h2-12,19H,1H3. The summed E-state index contributed by atoms with van der Waals surface area (Å²) in [4.78, 5) is 12.4. The number of carbonyl (C=O) groups is 1. The first kappa shape index (κ1) is 21.5. The Bertz CT molecular complexity index is 1030. The third kappa shape index (κ3) is 3.44. The minimum atomic E-state index is -5.72. The van der Waals surface area contributed by atoms with Crippen LogP contribution in [-0.4, -0.2) is 30.0 Å². The summed E-state index contributed by atoms with van der Waals surface area (Å²) < 4.78 is 88.3. The van der Waals surface area contributed by atoms with Crippen LogP contribution >= 0.6 is 0 Å². The SMILES string of the molecule is COC(=O)c1c(C(F)(F)C(F)(F)C(F)F)cn(-c2ccccc2)c1-c1ccccc1. The van der Waals surface area contributed by atoms with Gasteiger partial charge in [-0.25, -0.2) is 13.6 Å². The maximum atomic E-state index is 14.7. The van der Waals surface area contributed by atoms with Gasteiger partial charge in [0.15, 0.2) is 0 Å². The number of nitrogens with zero attached hydrogens (tertiary/aromatic N) is 1. The molecule has 0 amide bonds. The summed E-state index contributed by atoms with van der Waals surface area (Å²) in [6.45, 7) is 0. The molecule has 0 radical (unpaired) electrons. The average molecular weight is 427 g/mol. The smallest absolute Gasteiger partial charge is 0.373 e. The molecule has 0 N–H and O–H groups in total. The quantitative estimate of drug-likeness (QED) is 0.361. The molecule has 30 heavy (non-hydrogen) atoms. The highest BCUT2D eigenvalue weighted by atomic mass is 19.3. The predicted molar refractivity (Wildman–Crippen MR) is 97.4 cm³/mol. The number of carbonyl (C=O) groups excluding carboxylic acids is 1. The van der Waals surface area contributed by atoms with Crippen LogP contribution in [0.15, 0.2) is 66.9 Å². The zero-order valence-corrected chi connectivity index (χ0v) is 15.5. The molecular weight excluding hydrogens is 412 g/mol. The second kappa shape index (κ2) is 7.89. The van der Waals surface area contributed by atoms with Gasteiger partial charge in [0, 0.05) is 11.9 Å². The van der Waals surface area contributed by atoms with E-state index in [0.717, 1.165) is 11.7 Å². The maximum Gasteiger partial charge on any atom is 0.373 e. The summed E-state index contributed by atoms with van der Waals surface area (Å²) >= 11 is 0. The zero-order valence-electron chi connectivity index (χ0n) is 15.5. The largest absolute Gasteiger partial charge is 0.465 e. The Morgan fingerprint density at radius 1 is 0.933 bits per heavy atom. The lowest BCUT2D eigenvalue weighted by Crippen LogP contribution is -2.44. The third-order valence-electron chi connectivity index (χ3n) is 4.51. The molecule has 9 heteroatoms. The van der Waals surface area contributed by atoms with Crippen molar-refractivity contribution in [2.24, 2.45) is 0 Å². The van der Waals surface area contributed by atoms with E-state index in [0.29, 0.717) is 6.20 Å². The van der Waals surface area contributed by atoms with Crippen molar-refractivity contribution in [2.75, 3.05) is 7.11 Å². The minimum Gasteiger partial charge on any atom is -0.465 e. The number of alkyl halides is 6. The summed E-state index contributed by atoms with van der Waals surface area (Å²) in [6.07, 6.45) is -4.08. The van der Waals surface area contributed by atoms with E-state index in [4.69, 9.17) is 0 Å². The first-order chi connectivity index (χ1) is 14.1. The lowest BCUT2D eigenvalue weighted by Gasteiger charge is -2.25. The Kier molecular flexibility index (Phi) is 5.65. The van der Waals surface area contributed by atoms with Crippen molar-refractivity contribution in [1.29, 1.82) is 0 Å². The minimum absolute atomic E-state index is 0.187. The number of hydrogen-bond acceptors (Lipinski definition) is 2. The monoisotopic (exact) mass is 427 g/mol. The molecule has 1 heterocycles. The number of methoxy groups -OCH3 is 1. The van der Waals surface area contributed by atoms with Crippen LogP contribution in [0.1, 0.15) is 15.9 Å².